The normalized spacial score (nSPS) is 11.7. The van der Waals surface area contributed by atoms with E-state index in [2.05, 4.69) is 22.2 Å². The molecule has 1 aromatic rings. The van der Waals surface area contributed by atoms with E-state index >= 15 is 0 Å². The van der Waals surface area contributed by atoms with Crippen LogP contribution in [0.25, 0.3) is 0 Å². The van der Waals surface area contributed by atoms with Crippen molar-refractivity contribution < 1.29 is 13.3 Å². The molecule has 0 heterocycles. The molecule has 0 amide bonds. The molecule has 0 spiro atoms. The lowest BCUT2D eigenvalue weighted by Crippen LogP contribution is -2.41. The number of hydrogen-bond donors (Lipinski definition) is 2. The summed E-state index contributed by atoms with van der Waals surface area (Å²) in [5.41, 5.74) is -0.00706. The zero-order chi connectivity index (χ0) is 20.4. The van der Waals surface area contributed by atoms with Crippen LogP contribution in [0.1, 0.15) is 12.8 Å². The number of aliphatic imine (C=N–C) groups is 1. The average Bonchev–Trinajstić information content (AvgIpc) is 2.60. The van der Waals surface area contributed by atoms with E-state index in [1.165, 1.54) is 12.1 Å². The third-order valence-corrected chi connectivity index (χ3v) is 4.90. The van der Waals surface area contributed by atoms with Gasteiger partial charge in [-0.05, 0) is 25.0 Å². The van der Waals surface area contributed by atoms with Gasteiger partial charge in [-0.25, -0.2) is 8.42 Å². The van der Waals surface area contributed by atoms with E-state index in [1.54, 1.807) is 7.05 Å². The second-order valence-corrected chi connectivity index (χ2v) is 7.98. The van der Waals surface area contributed by atoms with Crippen molar-refractivity contribution in [3.63, 3.8) is 0 Å². The fourth-order valence-electron chi connectivity index (χ4n) is 2.38. The summed E-state index contributed by atoms with van der Waals surface area (Å²) in [5, 5.41) is 17.4. The molecular weight excluding hydrogens is 370 g/mol. The van der Waals surface area contributed by atoms with Crippen LogP contribution in [0.2, 0.25) is 0 Å². The van der Waals surface area contributed by atoms with Gasteiger partial charge in [-0.1, -0.05) is 6.08 Å². The Bertz CT molecular complexity index is 793. The van der Waals surface area contributed by atoms with E-state index in [4.69, 9.17) is 0 Å². The number of rotatable bonds is 10. The summed E-state index contributed by atoms with van der Waals surface area (Å²) in [5.74, 6) is 0.725. The van der Waals surface area contributed by atoms with Gasteiger partial charge in [0, 0.05) is 46.1 Å². The molecule has 0 aliphatic heterocycles. The maximum atomic E-state index is 11.6. The van der Waals surface area contributed by atoms with Crippen molar-refractivity contribution in [1.29, 1.82) is 0 Å². The van der Waals surface area contributed by atoms with Crippen LogP contribution >= 0.6 is 0 Å². The fraction of sp³-hybridized carbons (Fsp3) is 0.471. The van der Waals surface area contributed by atoms with Crippen molar-refractivity contribution in [2.75, 3.05) is 45.3 Å². The second-order valence-electron chi connectivity index (χ2n) is 5.96. The Balaban J connectivity index is 2.65. The molecule has 27 heavy (non-hydrogen) atoms. The lowest BCUT2D eigenvalue weighted by molar-refractivity contribution is -0.384. The van der Waals surface area contributed by atoms with Crippen molar-refractivity contribution >= 4 is 27.2 Å². The van der Waals surface area contributed by atoms with Crippen LogP contribution in [0.4, 0.5) is 11.4 Å². The fourth-order valence-corrected chi connectivity index (χ4v) is 3.02. The summed E-state index contributed by atoms with van der Waals surface area (Å²) in [6.45, 7) is 5.42. The van der Waals surface area contributed by atoms with Crippen molar-refractivity contribution in [3.8, 4) is 0 Å². The molecule has 1 rings (SSSR count). The molecule has 0 unspecified atom stereocenters. The van der Waals surface area contributed by atoms with Gasteiger partial charge in [0.2, 0.25) is 0 Å². The zero-order valence-corrected chi connectivity index (χ0v) is 16.8. The maximum Gasteiger partial charge on any atom is 0.293 e. The highest BCUT2D eigenvalue weighted by atomic mass is 32.2. The highest BCUT2D eigenvalue weighted by Gasteiger charge is 2.18. The van der Waals surface area contributed by atoms with Crippen LogP contribution in [0, 0.1) is 10.1 Å². The quantitative estimate of drug-likeness (QED) is 0.155. The maximum absolute atomic E-state index is 11.6. The average molecular weight is 398 g/mol. The van der Waals surface area contributed by atoms with E-state index < -0.39 is 14.8 Å². The van der Waals surface area contributed by atoms with Gasteiger partial charge >= 0.3 is 0 Å². The molecule has 10 heteroatoms. The number of guanidine groups is 1. The molecule has 0 saturated heterocycles. The van der Waals surface area contributed by atoms with Crippen molar-refractivity contribution in [1.82, 2.24) is 10.2 Å². The number of hydrogen-bond acceptors (Lipinski definition) is 6. The van der Waals surface area contributed by atoms with Crippen LogP contribution in [-0.2, 0) is 9.84 Å². The summed E-state index contributed by atoms with van der Waals surface area (Å²) >= 11 is 0. The minimum absolute atomic E-state index is 0.0839. The summed E-state index contributed by atoms with van der Waals surface area (Å²) in [6, 6.07) is 3.83. The van der Waals surface area contributed by atoms with E-state index in [9.17, 15) is 18.5 Å². The predicted octanol–water partition coefficient (Wildman–Crippen LogP) is 1.88. The van der Waals surface area contributed by atoms with Crippen molar-refractivity contribution in [2.24, 2.45) is 4.99 Å². The highest BCUT2D eigenvalue weighted by Crippen LogP contribution is 2.27. The number of allylic oxidation sites excluding steroid dienone is 1. The van der Waals surface area contributed by atoms with Crippen LogP contribution in [0.3, 0.4) is 0 Å². The number of benzene rings is 1. The number of nitro benzene ring substituents is 1. The topological polar surface area (TPSA) is 117 Å². The van der Waals surface area contributed by atoms with Crippen LogP contribution < -0.4 is 10.6 Å². The first kappa shape index (κ1) is 22.4. The molecule has 0 saturated carbocycles. The van der Waals surface area contributed by atoms with Crippen LogP contribution in [-0.4, -0.2) is 64.2 Å². The molecule has 0 bridgehead atoms. The van der Waals surface area contributed by atoms with Crippen LogP contribution in [0.5, 0.6) is 0 Å². The Morgan fingerprint density at radius 1 is 1.41 bits per heavy atom. The Kier molecular flexibility index (Phi) is 8.73. The monoisotopic (exact) mass is 397 g/mol. The Morgan fingerprint density at radius 3 is 2.67 bits per heavy atom. The molecule has 150 valence electrons. The standard InChI is InChI=1S/C17H27N5O4S/c1-5-6-7-12-21(3)17(18-2)20-11-10-19-15-9-8-14(27(4,25)26)13-16(15)22(23)24/h5,8-9,13,19H,1,6-7,10-12H2,2-4H3,(H,18,20). The summed E-state index contributed by atoms with van der Waals surface area (Å²) in [7, 11) is 0.114. The third kappa shape index (κ3) is 7.26. The first-order chi connectivity index (χ1) is 12.7. The minimum Gasteiger partial charge on any atom is -0.378 e. The van der Waals surface area contributed by atoms with Gasteiger partial charge in [0.1, 0.15) is 5.69 Å². The Morgan fingerprint density at radius 2 is 2.11 bits per heavy atom. The molecule has 0 aliphatic carbocycles. The molecule has 0 atom stereocenters. The summed E-state index contributed by atoms with van der Waals surface area (Å²) in [4.78, 5) is 16.7. The van der Waals surface area contributed by atoms with Crippen molar-refractivity contribution in [2.45, 2.75) is 17.7 Å². The number of nitrogens with one attached hydrogen (secondary N) is 2. The number of anilines is 1. The van der Waals surface area contributed by atoms with Gasteiger partial charge in [-0.2, -0.15) is 0 Å². The SMILES string of the molecule is C=CCCCN(C)C(=NC)NCCNc1ccc(S(C)(=O)=O)cc1[N+](=O)[O-]. The van der Waals surface area contributed by atoms with E-state index in [1.807, 2.05) is 18.0 Å². The number of nitrogens with zero attached hydrogens (tertiary/aromatic N) is 3. The lowest BCUT2D eigenvalue weighted by Gasteiger charge is -2.22. The first-order valence-corrected chi connectivity index (χ1v) is 10.3. The second kappa shape index (κ2) is 10.5. The van der Waals surface area contributed by atoms with Crippen molar-refractivity contribution in [3.05, 3.63) is 41.0 Å². The van der Waals surface area contributed by atoms with E-state index in [-0.39, 0.29) is 16.3 Å². The molecule has 0 aromatic heterocycles. The molecule has 1 aromatic carbocycles. The minimum atomic E-state index is -3.51. The number of sulfone groups is 1. The Hall–Kier alpha value is -2.62. The molecule has 9 nitrogen and oxygen atoms in total. The van der Waals surface area contributed by atoms with Gasteiger partial charge in [0.15, 0.2) is 15.8 Å². The Labute approximate surface area is 160 Å². The van der Waals surface area contributed by atoms with E-state index in [0.29, 0.717) is 13.1 Å². The van der Waals surface area contributed by atoms with Gasteiger partial charge in [-0.3, -0.25) is 15.1 Å². The molecule has 0 aliphatic rings. The third-order valence-electron chi connectivity index (χ3n) is 3.79. The predicted molar refractivity (Wildman–Crippen MR) is 108 cm³/mol. The van der Waals surface area contributed by atoms with E-state index in [0.717, 1.165) is 37.7 Å². The summed E-state index contributed by atoms with van der Waals surface area (Å²) < 4.78 is 23.1. The lowest BCUT2D eigenvalue weighted by atomic mass is 10.2. The first-order valence-electron chi connectivity index (χ1n) is 8.45. The molecule has 2 N–H and O–H groups in total. The smallest absolute Gasteiger partial charge is 0.293 e. The summed E-state index contributed by atoms with van der Waals surface area (Å²) in [6.07, 6.45) is 4.78. The molecular formula is C17H27N5O4S. The largest absolute Gasteiger partial charge is 0.378 e. The highest BCUT2D eigenvalue weighted by molar-refractivity contribution is 7.90. The molecule has 0 radical (unpaired) electrons. The van der Waals surface area contributed by atoms with Gasteiger partial charge in [0.05, 0.1) is 9.82 Å². The molecule has 0 fully saturated rings. The zero-order valence-electron chi connectivity index (χ0n) is 15.9. The van der Waals surface area contributed by atoms with Gasteiger partial charge in [-0.15, -0.1) is 6.58 Å². The van der Waals surface area contributed by atoms with Gasteiger partial charge < -0.3 is 15.5 Å². The number of unbranched alkanes of at least 4 members (excludes halogenated alkanes) is 1. The van der Waals surface area contributed by atoms with Crippen LogP contribution in [0.15, 0.2) is 40.7 Å². The van der Waals surface area contributed by atoms with Gasteiger partial charge in [0.25, 0.3) is 5.69 Å². The number of nitro groups is 1.